The summed E-state index contributed by atoms with van der Waals surface area (Å²) < 4.78 is 32.7. The molecule has 1 aromatic carbocycles. The number of likely N-dealkylation sites (tertiary alicyclic amines) is 2. The third-order valence-corrected chi connectivity index (χ3v) is 8.35. The number of hydrogen-bond donors (Lipinski definition) is 0. The van der Waals surface area contributed by atoms with Crippen LogP contribution in [0.5, 0.6) is 5.75 Å². The highest BCUT2D eigenvalue weighted by Crippen LogP contribution is 2.29. The Hall–Kier alpha value is -2.13. The second-order valence-electron chi connectivity index (χ2n) is 8.05. The topological polar surface area (TPSA) is 87.2 Å². The molecule has 2 fully saturated rings. The van der Waals surface area contributed by atoms with E-state index in [2.05, 4.69) is 0 Å². The Balaban J connectivity index is 1.74. The van der Waals surface area contributed by atoms with Gasteiger partial charge in [-0.15, -0.1) is 0 Å². The number of amides is 2. The van der Waals surface area contributed by atoms with Crippen LogP contribution in [-0.2, 0) is 14.8 Å². The first-order chi connectivity index (χ1) is 14.8. The summed E-state index contributed by atoms with van der Waals surface area (Å²) in [7, 11) is -2.36. The van der Waals surface area contributed by atoms with Crippen molar-refractivity contribution in [3.05, 3.63) is 23.8 Å². The van der Waals surface area contributed by atoms with Gasteiger partial charge in [-0.25, -0.2) is 8.42 Å². The zero-order chi connectivity index (χ0) is 22.6. The Labute approximate surface area is 185 Å². The molecule has 0 unspecified atom stereocenters. The number of hydrogen-bond acceptors (Lipinski definition) is 5. The number of benzene rings is 1. The highest BCUT2D eigenvalue weighted by atomic mass is 32.2. The number of nitrogens with zero attached hydrogens (tertiary/aromatic N) is 3. The number of sulfonamides is 1. The number of carbonyl (C=O) groups is 2. The summed E-state index contributed by atoms with van der Waals surface area (Å²) in [5.41, 5.74) is 0.316. The van der Waals surface area contributed by atoms with Crippen molar-refractivity contribution < 1.29 is 22.7 Å². The largest absolute Gasteiger partial charge is 0.495 e. The van der Waals surface area contributed by atoms with E-state index >= 15 is 0 Å². The molecule has 0 aliphatic carbocycles. The van der Waals surface area contributed by atoms with Crippen molar-refractivity contribution in [2.75, 3.05) is 46.4 Å². The fraction of sp³-hybridized carbons (Fsp3) is 0.636. The van der Waals surface area contributed by atoms with Crippen LogP contribution < -0.4 is 4.74 Å². The fourth-order valence-electron chi connectivity index (χ4n) is 4.42. The van der Waals surface area contributed by atoms with Gasteiger partial charge in [0.25, 0.3) is 5.91 Å². The van der Waals surface area contributed by atoms with Crippen LogP contribution in [0.1, 0.15) is 49.9 Å². The lowest BCUT2D eigenvalue weighted by Crippen LogP contribution is -2.43. The molecule has 2 heterocycles. The molecule has 0 aromatic heterocycles. The van der Waals surface area contributed by atoms with Gasteiger partial charge in [0.1, 0.15) is 10.6 Å². The molecule has 2 aliphatic rings. The van der Waals surface area contributed by atoms with Gasteiger partial charge in [0.15, 0.2) is 0 Å². The third-order valence-electron chi connectivity index (χ3n) is 6.28. The molecule has 172 valence electrons. The molecule has 1 aromatic rings. The predicted octanol–water partition coefficient (Wildman–Crippen LogP) is 2.20. The second kappa shape index (κ2) is 9.99. The van der Waals surface area contributed by atoms with Crippen LogP contribution in [0.4, 0.5) is 0 Å². The minimum atomic E-state index is -3.77. The lowest BCUT2D eigenvalue weighted by Gasteiger charge is -2.33. The van der Waals surface area contributed by atoms with E-state index in [4.69, 9.17) is 4.74 Å². The van der Waals surface area contributed by atoms with E-state index in [1.165, 1.54) is 23.5 Å². The first-order valence-corrected chi connectivity index (χ1v) is 12.5. The Kier molecular flexibility index (Phi) is 7.59. The molecule has 2 saturated heterocycles. The van der Waals surface area contributed by atoms with Crippen LogP contribution in [-0.4, -0.2) is 80.7 Å². The standard InChI is InChI=1S/C22H33N3O5S/c1-4-25(5-2)31(28,29)20-16-18(8-9-19(20)30-3)22(27)24-14-10-17(11-15-24)21(26)23-12-6-7-13-23/h8-9,16-17H,4-7,10-15H2,1-3H3. The van der Waals surface area contributed by atoms with Crippen molar-refractivity contribution in [2.45, 2.75) is 44.4 Å². The molecule has 0 radical (unpaired) electrons. The van der Waals surface area contributed by atoms with Gasteiger partial charge in [0, 0.05) is 50.7 Å². The number of carbonyl (C=O) groups excluding carboxylic acids is 2. The van der Waals surface area contributed by atoms with Gasteiger partial charge in [-0.2, -0.15) is 4.31 Å². The highest BCUT2D eigenvalue weighted by Gasteiger charge is 2.32. The van der Waals surface area contributed by atoms with E-state index < -0.39 is 10.0 Å². The zero-order valence-electron chi connectivity index (χ0n) is 18.7. The number of rotatable bonds is 7. The Bertz CT molecular complexity index is 900. The van der Waals surface area contributed by atoms with Crippen molar-refractivity contribution >= 4 is 21.8 Å². The van der Waals surface area contributed by atoms with E-state index in [9.17, 15) is 18.0 Å². The van der Waals surface area contributed by atoms with E-state index in [1.54, 1.807) is 24.8 Å². The average Bonchev–Trinajstić information content (AvgIpc) is 3.33. The fourth-order valence-corrected chi connectivity index (χ4v) is 6.06. The van der Waals surface area contributed by atoms with Crippen LogP contribution in [0.15, 0.2) is 23.1 Å². The minimum absolute atomic E-state index is 0.00338. The van der Waals surface area contributed by atoms with Gasteiger partial charge in [0.05, 0.1) is 7.11 Å². The highest BCUT2D eigenvalue weighted by molar-refractivity contribution is 7.89. The molecule has 8 nitrogen and oxygen atoms in total. The predicted molar refractivity (Wildman–Crippen MR) is 118 cm³/mol. The Morgan fingerprint density at radius 1 is 1.03 bits per heavy atom. The number of methoxy groups -OCH3 is 1. The molecule has 2 amide bonds. The van der Waals surface area contributed by atoms with Gasteiger partial charge in [-0.1, -0.05) is 13.8 Å². The zero-order valence-corrected chi connectivity index (χ0v) is 19.5. The molecule has 2 aliphatic heterocycles. The molecule has 3 rings (SSSR count). The summed E-state index contributed by atoms with van der Waals surface area (Å²) in [6, 6.07) is 4.55. The van der Waals surface area contributed by atoms with E-state index in [1.807, 2.05) is 4.90 Å². The molecule has 9 heteroatoms. The minimum Gasteiger partial charge on any atom is -0.495 e. The van der Waals surface area contributed by atoms with Crippen LogP contribution in [0.25, 0.3) is 0 Å². The summed E-state index contributed by atoms with van der Waals surface area (Å²) in [4.78, 5) is 29.4. The molecule has 0 spiro atoms. The van der Waals surface area contributed by atoms with Gasteiger partial charge in [0.2, 0.25) is 15.9 Å². The lowest BCUT2D eigenvalue weighted by atomic mass is 9.95. The van der Waals surface area contributed by atoms with Gasteiger partial charge in [-0.05, 0) is 43.9 Å². The van der Waals surface area contributed by atoms with Crippen LogP contribution in [0.2, 0.25) is 0 Å². The molecule has 0 atom stereocenters. The van der Waals surface area contributed by atoms with E-state index in [0.29, 0.717) is 44.6 Å². The maximum Gasteiger partial charge on any atom is 0.253 e. The van der Waals surface area contributed by atoms with E-state index in [0.717, 1.165) is 25.9 Å². The first kappa shape index (κ1) is 23.5. The van der Waals surface area contributed by atoms with E-state index in [-0.39, 0.29) is 28.4 Å². The molecular formula is C22H33N3O5S. The van der Waals surface area contributed by atoms with Crippen molar-refractivity contribution in [1.82, 2.24) is 14.1 Å². The van der Waals surface area contributed by atoms with Crippen LogP contribution in [0, 0.1) is 5.92 Å². The summed E-state index contributed by atoms with van der Waals surface area (Å²) in [6.07, 6.45) is 3.42. The Morgan fingerprint density at radius 2 is 1.65 bits per heavy atom. The molecular weight excluding hydrogens is 418 g/mol. The summed E-state index contributed by atoms with van der Waals surface area (Å²) in [5, 5.41) is 0. The summed E-state index contributed by atoms with van der Waals surface area (Å²) in [5.74, 6) is 0.183. The number of ether oxygens (including phenoxy) is 1. The maximum atomic E-state index is 13.1. The maximum absolute atomic E-state index is 13.1. The lowest BCUT2D eigenvalue weighted by molar-refractivity contribution is -0.135. The van der Waals surface area contributed by atoms with Gasteiger partial charge in [-0.3, -0.25) is 9.59 Å². The molecule has 0 bridgehead atoms. The average molecular weight is 452 g/mol. The van der Waals surface area contributed by atoms with Gasteiger partial charge < -0.3 is 14.5 Å². The van der Waals surface area contributed by atoms with Gasteiger partial charge >= 0.3 is 0 Å². The van der Waals surface area contributed by atoms with Crippen LogP contribution in [0.3, 0.4) is 0 Å². The summed E-state index contributed by atoms with van der Waals surface area (Å²) in [6.45, 7) is 6.88. The smallest absolute Gasteiger partial charge is 0.253 e. The monoisotopic (exact) mass is 451 g/mol. The van der Waals surface area contributed by atoms with Crippen molar-refractivity contribution in [1.29, 1.82) is 0 Å². The normalized spacial score (nSPS) is 17.9. The SMILES string of the molecule is CCN(CC)S(=O)(=O)c1cc(C(=O)N2CCC(C(=O)N3CCCC3)CC2)ccc1OC. The van der Waals surface area contributed by atoms with Crippen molar-refractivity contribution in [3.8, 4) is 5.75 Å². The van der Waals surface area contributed by atoms with Crippen LogP contribution >= 0.6 is 0 Å². The quantitative estimate of drug-likeness (QED) is 0.634. The van der Waals surface area contributed by atoms with Crippen molar-refractivity contribution in [2.24, 2.45) is 5.92 Å². The third kappa shape index (κ3) is 4.87. The molecule has 0 saturated carbocycles. The first-order valence-electron chi connectivity index (χ1n) is 11.1. The number of piperidine rings is 1. The Morgan fingerprint density at radius 3 is 2.19 bits per heavy atom. The molecule has 0 N–H and O–H groups in total. The second-order valence-corrected chi connectivity index (χ2v) is 9.96. The molecule has 31 heavy (non-hydrogen) atoms. The summed E-state index contributed by atoms with van der Waals surface area (Å²) >= 11 is 0. The van der Waals surface area contributed by atoms with Crippen molar-refractivity contribution in [3.63, 3.8) is 0 Å².